The maximum atomic E-state index is 15.1. The van der Waals surface area contributed by atoms with Crippen molar-refractivity contribution in [3.8, 4) is 5.69 Å². The second-order valence-electron chi connectivity index (χ2n) is 7.69. The number of aliphatic imine (C=N–C) groups is 1. The van der Waals surface area contributed by atoms with Crippen LogP contribution in [0.3, 0.4) is 0 Å². The molecule has 0 aliphatic carbocycles. The van der Waals surface area contributed by atoms with Crippen LogP contribution in [0.25, 0.3) is 11.8 Å². The third-order valence-corrected chi connectivity index (χ3v) is 5.25. The number of aromatic nitrogens is 3. The van der Waals surface area contributed by atoms with Crippen LogP contribution in [0.1, 0.15) is 25.1 Å². The fourth-order valence-corrected chi connectivity index (χ4v) is 3.54. The Kier molecular flexibility index (Phi) is 6.48. The molecule has 34 heavy (non-hydrogen) atoms. The third kappa shape index (κ3) is 4.85. The molecule has 1 N–H and O–H groups in total. The number of rotatable bonds is 7. The van der Waals surface area contributed by atoms with E-state index in [1.54, 1.807) is 53.8 Å². The van der Waals surface area contributed by atoms with Crippen molar-refractivity contribution in [1.82, 2.24) is 19.9 Å². The number of amides is 2. The summed E-state index contributed by atoms with van der Waals surface area (Å²) in [6.45, 7) is 7.43. The predicted octanol–water partition coefficient (Wildman–Crippen LogP) is 3.65. The molecule has 2 aromatic heterocycles. The number of nitrogens with one attached hydrogen (secondary N) is 1. The maximum absolute atomic E-state index is 15.1. The van der Waals surface area contributed by atoms with Gasteiger partial charge in [0, 0.05) is 37.3 Å². The van der Waals surface area contributed by atoms with Crippen molar-refractivity contribution in [2.75, 3.05) is 18.0 Å². The summed E-state index contributed by atoms with van der Waals surface area (Å²) in [7, 11) is 0. The Morgan fingerprint density at radius 3 is 2.85 bits per heavy atom. The van der Waals surface area contributed by atoms with Crippen LogP contribution >= 0.6 is 0 Å². The van der Waals surface area contributed by atoms with Crippen molar-refractivity contribution in [3.63, 3.8) is 0 Å². The molecule has 10 heteroatoms. The summed E-state index contributed by atoms with van der Waals surface area (Å²) in [5.74, 6) is -0.742. The van der Waals surface area contributed by atoms with Crippen LogP contribution in [-0.4, -0.2) is 51.4 Å². The van der Waals surface area contributed by atoms with E-state index in [0.717, 1.165) is 5.56 Å². The highest BCUT2D eigenvalue weighted by Gasteiger charge is 2.32. The lowest BCUT2D eigenvalue weighted by Crippen LogP contribution is -2.33. The Morgan fingerprint density at radius 1 is 1.35 bits per heavy atom. The lowest BCUT2D eigenvalue weighted by atomic mass is 10.2. The maximum Gasteiger partial charge on any atom is 0.414 e. The molecule has 1 saturated heterocycles. The van der Waals surface area contributed by atoms with Crippen LogP contribution in [0.15, 0.2) is 60.8 Å². The summed E-state index contributed by atoms with van der Waals surface area (Å²) >= 11 is 0. The first-order valence-electron chi connectivity index (χ1n) is 10.5. The average molecular weight is 462 g/mol. The van der Waals surface area contributed by atoms with Crippen molar-refractivity contribution in [3.05, 3.63) is 72.8 Å². The minimum Gasteiger partial charge on any atom is -0.442 e. The topological polar surface area (TPSA) is 102 Å². The fraction of sp³-hybridized carbons (Fsp3) is 0.208. The molecule has 0 saturated carbocycles. The minimum atomic E-state index is -0.589. The molecule has 0 unspecified atom stereocenters. The van der Waals surface area contributed by atoms with E-state index in [-0.39, 0.29) is 24.7 Å². The summed E-state index contributed by atoms with van der Waals surface area (Å²) in [5.41, 5.74) is 3.26. The largest absolute Gasteiger partial charge is 0.442 e. The van der Waals surface area contributed by atoms with E-state index in [1.807, 2.05) is 6.92 Å². The first-order chi connectivity index (χ1) is 16.4. The first kappa shape index (κ1) is 22.8. The lowest BCUT2D eigenvalue weighted by molar-refractivity contribution is -0.119. The molecule has 2 amide bonds. The Labute approximate surface area is 195 Å². The van der Waals surface area contributed by atoms with E-state index >= 15 is 4.39 Å². The highest BCUT2D eigenvalue weighted by atomic mass is 19.1. The van der Waals surface area contributed by atoms with Crippen LogP contribution in [0.5, 0.6) is 0 Å². The highest BCUT2D eigenvalue weighted by Crippen LogP contribution is 2.29. The zero-order valence-corrected chi connectivity index (χ0v) is 18.7. The monoisotopic (exact) mass is 462 g/mol. The van der Waals surface area contributed by atoms with Crippen molar-refractivity contribution in [2.24, 2.45) is 4.99 Å². The first-order valence-corrected chi connectivity index (χ1v) is 10.5. The Bertz CT molecular complexity index is 1270. The van der Waals surface area contributed by atoms with Crippen LogP contribution in [0.4, 0.5) is 20.6 Å². The summed E-state index contributed by atoms with van der Waals surface area (Å²) in [6, 6.07) is 4.50. The number of benzene rings is 1. The standard InChI is InChI=1S/C24H23FN6O3/c1-4-17-12-30(14-22(17)29-15(2)21-11-26-7-8-27-21)23-6-5-18(9-20(23)25)31-13-19(34-24(31)33)10-28-16(3)32/h4-9,11-12,14,19H,1,10,13H2,2-3H3,(H,28,32)/t19-/m0/s1. The molecule has 3 aromatic rings. The van der Waals surface area contributed by atoms with Crippen molar-refractivity contribution in [1.29, 1.82) is 0 Å². The molecule has 1 atom stereocenters. The average Bonchev–Trinajstić information content (AvgIpc) is 3.40. The van der Waals surface area contributed by atoms with Gasteiger partial charge in [0.15, 0.2) is 0 Å². The highest BCUT2D eigenvalue weighted by molar-refractivity contribution is 5.98. The van der Waals surface area contributed by atoms with Gasteiger partial charge in [0.05, 0.1) is 42.1 Å². The molecule has 1 aliphatic heterocycles. The van der Waals surface area contributed by atoms with E-state index in [0.29, 0.717) is 22.8 Å². The zero-order valence-electron chi connectivity index (χ0n) is 18.7. The second-order valence-corrected chi connectivity index (χ2v) is 7.69. The van der Waals surface area contributed by atoms with E-state index in [2.05, 4.69) is 26.9 Å². The number of nitrogens with zero attached hydrogens (tertiary/aromatic N) is 5. The van der Waals surface area contributed by atoms with E-state index in [9.17, 15) is 9.59 Å². The molecule has 3 heterocycles. The van der Waals surface area contributed by atoms with Gasteiger partial charge in [0.1, 0.15) is 17.6 Å². The predicted molar refractivity (Wildman–Crippen MR) is 126 cm³/mol. The SMILES string of the molecule is C=Cc1cn(-c2ccc(N3C[C@H](CNC(C)=O)OC3=O)cc2F)cc1N=C(C)c1cnccn1. The summed E-state index contributed by atoms with van der Waals surface area (Å²) in [4.78, 5) is 37.6. The Balaban J connectivity index is 1.57. The number of ether oxygens (including phenoxy) is 1. The number of carbonyl (C=O) groups excluding carboxylic acids is 2. The summed E-state index contributed by atoms with van der Waals surface area (Å²) in [6.07, 6.45) is 8.75. The lowest BCUT2D eigenvalue weighted by Gasteiger charge is -2.14. The molecule has 1 aliphatic rings. The third-order valence-electron chi connectivity index (χ3n) is 5.25. The van der Waals surface area contributed by atoms with Gasteiger partial charge in [-0.15, -0.1) is 0 Å². The number of carbonyl (C=O) groups is 2. The molecule has 9 nitrogen and oxygen atoms in total. The second kappa shape index (κ2) is 9.65. The van der Waals surface area contributed by atoms with Gasteiger partial charge in [-0.2, -0.15) is 0 Å². The molecule has 1 fully saturated rings. The van der Waals surface area contributed by atoms with E-state index in [4.69, 9.17) is 4.74 Å². The Hall–Kier alpha value is -4.34. The molecular formula is C24H23FN6O3. The number of hydrogen-bond donors (Lipinski definition) is 1. The van der Waals surface area contributed by atoms with E-state index in [1.165, 1.54) is 17.9 Å². The van der Waals surface area contributed by atoms with Gasteiger partial charge in [0.2, 0.25) is 5.91 Å². The summed E-state index contributed by atoms with van der Waals surface area (Å²) < 4.78 is 22.0. The summed E-state index contributed by atoms with van der Waals surface area (Å²) in [5, 5.41) is 2.61. The quantitative estimate of drug-likeness (QED) is 0.540. The van der Waals surface area contributed by atoms with Crippen LogP contribution in [0, 0.1) is 5.82 Å². The molecule has 1 aromatic carbocycles. The molecule has 4 rings (SSSR count). The molecule has 0 spiro atoms. The van der Waals surface area contributed by atoms with Crippen LogP contribution < -0.4 is 10.2 Å². The number of halogens is 1. The van der Waals surface area contributed by atoms with E-state index < -0.39 is 18.0 Å². The number of hydrogen-bond acceptors (Lipinski definition) is 6. The minimum absolute atomic E-state index is 0.198. The fourth-order valence-electron chi connectivity index (χ4n) is 3.54. The van der Waals surface area contributed by atoms with Gasteiger partial charge >= 0.3 is 6.09 Å². The van der Waals surface area contributed by atoms with Crippen LogP contribution in [-0.2, 0) is 9.53 Å². The molecule has 174 valence electrons. The van der Waals surface area contributed by atoms with Gasteiger partial charge < -0.3 is 14.6 Å². The smallest absolute Gasteiger partial charge is 0.414 e. The van der Waals surface area contributed by atoms with Crippen molar-refractivity contribution in [2.45, 2.75) is 20.0 Å². The molecule has 0 bridgehead atoms. The van der Waals surface area contributed by atoms with Crippen LogP contribution in [0.2, 0.25) is 0 Å². The molecular weight excluding hydrogens is 439 g/mol. The Morgan fingerprint density at radius 2 is 2.18 bits per heavy atom. The van der Waals surface area contributed by atoms with Crippen molar-refractivity contribution < 1.29 is 18.7 Å². The van der Waals surface area contributed by atoms with Crippen molar-refractivity contribution >= 4 is 35.2 Å². The number of anilines is 1. The van der Waals surface area contributed by atoms with Gasteiger partial charge in [-0.1, -0.05) is 12.7 Å². The van der Waals surface area contributed by atoms with Gasteiger partial charge in [-0.3, -0.25) is 19.7 Å². The normalized spacial score (nSPS) is 15.9. The van der Waals surface area contributed by atoms with Gasteiger partial charge in [-0.05, 0) is 25.1 Å². The number of cyclic esters (lactones) is 1. The van der Waals surface area contributed by atoms with Gasteiger partial charge in [0.25, 0.3) is 0 Å². The van der Waals surface area contributed by atoms with Gasteiger partial charge in [-0.25, -0.2) is 14.2 Å². The zero-order chi connectivity index (χ0) is 24.2. The molecule has 0 radical (unpaired) electrons.